The minimum absolute atomic E-state index is 0.201. The van der Waals surface area contributed by atoms with Crippen molar-refractivity contribution < 1.29 is 8.42 Å². The first-order chi connectivity index (χ1) is 8.55. The van der Waals surface area contributed by atoms with E-state index in [1.807, 2.05) is 13.0 Å². The van der Waals surface area contributed by atoms with Crippen LogP contribution in [0.5, 0.6) is 0 Å². The van der Waals surface area contributed by atoms with E-state index < -0.39 is 10.0 Å². The normalized spacial score (nSPS) is 16.2. The zero-order valence-electron chi connectivity index (χ0n) is 10.9. The number of nitrogens with one attached hydrogen (secondary N) is 1. The summed E-state index contributed by atoms with van der Waals surface area (Å²) in [6, 6.07) is 7.38. The molecule has 1 aromatic rings. The number of nitrogens with zero attached hydrogens (tertiary/aromatic N) is 1. The van der Waals surface area contributed by atoms with Crippen molar-refractivity contribution in [3.63, 3.8) is 0 Å². The van der Waals surface area contributed by atoms with Crippen LogP contribution in [0.15, 0.2) is 29.2 Å². The lowest BCUT2D eigenvalue weighted by Crippen LogP contribution is -2.29. The van der Waals surface area contributed by atoms with Gasteiger partial charge in [-0.3, -0.25) is 0 Å². The Balaban J connectivity index is 2.21. The molecule has 0 spiro atoms. The van der Waals surface area contributed by atoms with Gasteiger partial charge in [0.1, 0.15) is 0 Å². The highest BCUT2D eigenvalue weighted by Crippen LogP contribution is 2.30. The molecule has 1 N–H and O–H groups in total. The summed E-state index contributed by atoms with van der Waals surface area (Å²) >= 11 is 0. The largest absolute Gasteiger partial charge is 0.313 e. The lowest BCUT2D eigenvalue weighted by molar-refractivity contribution is 0.464. The second-order valence-corrected chi connectivity index (χ2v) is 6.68. The van der Waals surface area contributed by atoms with Gasteiger partial charge in [0.15, 0.2) is 0 Å². The first-order valence-electron chi connectivity index (χ1n) is 6.33. The van der Waals surface area contributed by atoms with Gasteiger partial charge >= 0.3 is 0 Å². The Morgan fingerprint density at radius 1 is 1.39 bits per heavy atom. The zero-order valence-corrected chi connectivity index (χ0v) is 11.7. The van der Waals surface area contributed by atoms with Crippen LogP contribution in [0.25, 0.3) is 0 Å². The molecule has 0 bridgehead atoms. The first-order valence-corrected chi connectivity index (χ1v) is 7.77. The van der Waals surface area contributed by atoms with Crippen LogP contribution in [-0.2, 0) is 16.6 Å². The van der Waals surface area contributed by atoms with Crippen LogP contribution in [0, 0.1) is 0 Å². The summed E-state index contributed by atoms with van der Waals surface area (Å²) in [7, 11) is -1.65. The summed E-state index contributed by atoms with van der Waals surface area (Å²) < 4.78 is 26.2. The number of hydrogen-bond donors (Lipinski definition) is 1. The minimum Gasteiger partial charge on any atom is -0.313 e. The SMILES string of the molecule is CCNCc1cccc(S(=O)(=O)N(C)C2CC2)c1. The van der Waals surface area contributed by atoms with Gasteiger partial charge in [0.2, 0.25) is 10.0 Å². The summed E-state index contributed by atoms with van der Waals surface area (Å²) in [6.07, 6.45) is 1.96. The molecule has 0 amide bonds. The highest BCUT2D eigenvalue weighted by atomic mass is 32.2. The Kier molecular flexibility index (Phi) is 4.04. The molecule has 0 aromatic heterocycles. The van der Waals surface area contributed by atoms with Gasteiger partial charge in [0.25, 0.3) is 0 Å². The fourth-order valence-electron chi connectivity index (χ4n) is 1.89. The Morgan fingerprint density at radius 3 is 2.72 bits per heavy atom. The van der Waals surface area contributed by atoms with Crippen LogP contribution in [-0.4, -0.2) is 32.4 Å². The molecule has 0 atom stereocenters. The van der Waals surface area contributed by atoms with Crippen molar-refractivity contribution in [3.05, 3.63) is 29.8 Å². The highest BCUT2D eigenvalue weighted by molar-refractivity contribution is 7.89. The zero-order chi connectivity index (χ0) is 13.2. The Hall–Kier alpha value is -0.910. The quantitative estimate of drug-likeness (QED) is 0.852. The maximum atomic E-state index is 12.3. The molecule has 0 unspecified atom stereocenters. The third-order valence-corrected chi connectivity index (χ3v) is 5.12. The van der Waals surface area contributed by atoms with Gasteiger partial charge in [0, 0.05) is 19.6 Å². The average molecular weight is 268 g/mol. The molecule has 0 heterocycles. The molecule has 1 aromatic carbocycles. The van der Waals surface area contributed by atoms with Crippen molar-refractivity contribution in [2.45, 2.75) is 37.2 Å². The molecule has 18 heavy (non-hydrogen) atoms. The average Bonchev–Trinajstić information content (AvgIpc) is 3.20. The van der Waals surface area contributed by atoms with Crippen molar-refractivity contribution in [3.8, 4) is 0 Å². The second kappa shape index (κ2) is 5.38. The van der Waals surface area contributed by atoms with Crippen molar-refractivity contribution in [2.24, 2.45) is 0 Å². The van der Waals surface area contributed by atoms with Crippen molar-refractivity contribution in [1.82, 2.24) is 9.62 Å². The van der Waals surface area contributed by atoms with Crippen LogP contribution in [0.1, 0.15) is 25.3 Å². The first kappa shape index (κ1) is 13.5. The predicted molar refractivity (Wildman–Crippen MR) is 71.8 cm³/mol. The number of benzene rings is 1. The minimum atomic E-state index is -3.32. The van der Waals surface area contributed by atoms with Crippen molar-refractivity contribution >= 4 is 10.0 Å². The second-order valence-electron chi connectivity index (χ2n) is 4.68. The van der Waals surface area contributed by atoms with Gasteiger partial charge in [-0.25, -0.2) is 8.42 Å². The number of rotatable bonds is 6. The lowest BCUT2D eigenvalue weighted by atomic mass is 10.2. The van der Waals surface area contributed by atoms with E-state index in [2.05, 4.69) is 5.32 Å². The van der Waals surface area contributed by atoms with E-state index in [4.69, 9.17) is 0 Å². The third kappa shape index (κ3) is 2.91. The smallest absolute Gasteiger partial charge is 0.243 e. The molecular formula is C13H20N2O2S. The molecule has 5 heteroatoms. The summed E-state index contributed by atoms with van der Waals surface area (Å²) in [5.41, 5.74) is 1.00. The van der Waals surface area contributed by atoms with Gasteiger partial charge in [-0.2, -0.15) is 4.31 Å². The molecule has 1 saturated carbocycles. The molecule has 0 aliphatic heterocycles. The maximum absolute atomic E-state index is 12.3. The monoisotopic (exact) mass is 268 g/mol. The van der Waals surface area contributed by atoms with E-state index in [9.17, 15) is 8.42 Å². The fraction of sp³-hybridized carbons (Fsp3) is 0.538. The van der Waals surface area contributed by atoms with E-state index in [-0.39, 0.29) is 6.04 Å². The standard InChI is InChI=1S/C13H20N2O2S/c1-3-14-10-11-5-4-6-13(9-11)18(16,17)15(2)12-7-8-12/h4-6,9,12,14H,3,7-8,10H2,1-2H3. The molecule has 4 nitrogen and oxygen atoms in total. The van der Waals surface area contributed by atoms with Crippen LogP contribution < -0.4 is 5.32 Å². The molecule has 1 aliphatic carbocycles. The molecule has 2 rings (SSSR count). The van der Waals surface area contributed by atoms with Crippen LogP contribution >= 0.6 is 0 Å². The molecule has 1 fully saturated rings. The third-order valence-electron chi connectivity index (χ3n) is 3.22. The topological polar surface area (TPSA) is 49.4 Å². The molecular weight excluding hydrogens is 248 g/mol. The van der Waals surface area contributed by atoms with Crippen LogP contribution in [0.2, 0.25) is 0 Å². The lowest BCUT2D eigenvalue weighted by Gasteiger charge is -2.16. The number of hydrogen-bond acceptors (Lipinski definition) is 3. The summed E-state index contributed by atoms with van der Waals surface area (Å²) in [5.74, 6) is 0. The molecule has 100 valence electrons. The fourth-order valence-corrected chi connectivity index (χ4v) is 3.37. The van der Waals surface area contributed by atoms with Gasteiger partial charge in [0.05, 0.1) is 4.90 Å². The Bertz CT molecular complexity index is 509. The van der Waals surface area contributed by atoms with Crippen molar-refractivity contribution in [1.29, 1.82) is 0 Å². The molecule has 1 aliphatic rings. The molecule has 0 radical (unpaired) electrons. The highest BCUT2D eigenvalue weighted by Gasteiger charge is 2.34. The predicted octanol–water partition coefficient (Wildman–Crippen LogP) is 1.58. The van der Waals surface area contributed by atoms with Crippen LogP contribution in [0.3, 0.4) is 0 Å². The van der Waals surface area contributed by atoms with E-state index in [0.29, 0.717) is 11.4 Å². The Labute approximate surface area is 109 Å². The van der Waals surface area contributed by atoms with E-state index in [1.54, 1.807) is 25.2 Å². The van der Waals surface area contributed by atoms with Gasteiger partial charge in [-0.05, 0) is 37.1 Å². The van der Waals surface area contributed by atoms with Crippen molar-refractivity contribution in [2.75, 3.05) is 13.6 Å². The summed E-state index contributed by atoms with van der Waals surface area (Å²) in [5, 5.41) is 3.20. The Morgan fingerprint density at radius 2 is 2.11 bits per heavy atom. The van der Waals surface area contributed by atoms with E-state index >= 15 is 0 Å². The summed E-state index contributed by atoms with van der Waals surface area (Å²) in [6.45, 7) is 3.60. The van der Waals surface area contributed by atoms with Gasteiger partial charge in [-0.1, -0.05) is 19.1 Å². The van der Waals surface area contributed by atoms with E-state index in [1.165, 1.54) is 4.31 Å². The van der Waals surface area contributed by atoms with E-state index in [0.717, 1.165) is 24.9 Å². The summed E-state index contributed by atoms with van der Waals surface area (Å²) in [4.78, 5) is 0.396. The van der Waals surface area contributed by atoms with Crippen LogP contribution in [0.4, 0.5) is 0 Å². The number of sulfonamides is 1. The molecule has 0 saturated heterocycles. The maximum Gasteiger partial charge on any atom is 0.243 e. The van der Waals surface area contributed by atoms with Gasteiger partial charge in [-0.15, -0.1) is 0 Å². The van der Waals surface area contributed by atoms with Gasteiger partial charge < -0.3 is 5.32 Å².